The molecule has 1 aromatic heterocycles. The zero-order valence-corrected chi connectivity index (χ0v) is 15.9. The molecule has 2 unspecified atom stereocenters. The third-order valence-electron chi connectivity index (χ3n) is 5.57. The van der Waals surface area contributed by atoms with Gasteiger partial charge in [0.2, 0.25) is 0 Å². The maximum absolute atomic E-state index is 12.0. The molecular weight excluding hydrogens is 352 g/mol. The fourth-order valence-electron chi connectivity index (χ4n) is 4.16. The fourth-order valence-corrected chi connectivity index (χ4v) is 4.16. The molecular formula is C23H24N2O3. The zero-order chi connectivity index (χ0) is 19.5. The molecule has 0 saturated carbocycles. The molecule has 28 heavy (non-hydrogen) atoms. The summed E-state index contributed by atoms with van der Waals surface area (Å²) < 4.78 is 5.30. The number of hydrogen-bond donors (Lipinski definition) is 1. The highest BCUT2D eigenvalue weighted by Gasteiger charge is 2.35. The number of carboxylic acid groups (broad SMARTS) is 1. The molecule has 1 N–H and O–H groups in total. The summed E-state index contributed by atoms with van der Waals surface area (Å²) in [6, 6.07) is 15.6. The molecule has 3 aromatic rings. The predicted molar refractivity (Wildman–Crippen MR) is 109 cm³/mol. The Morgan fingerprint density at radius 3 is 2.64 bits per heavy atom. The van der Waals surface area contributed by atoms with Crippen LogP contribution in [-0.4, -0.2) is 40.7 Å². The number of rotatable bonds is 5. The molecule has 0 amide bonds. The van der Waals surface area contributed by atoms with Crippen LogP contribution < -0.4 is 4.74 Å². The van der Waals surface area contributed by atoms with Crippen LogP contribution in [0.3, 0.4) is 0 Å². The van der Waals surface area contributed by atoms with Crippen molar-refractivity contribution in [2.24, 2.45) is 0 Å². The van der Waals surface area contributed by atoms with Crippen LogP contribution in [0.2, 0.25) is 0 Å². The Kier molecular flexibility index (Phi) is 5.26. The summed E-state index contributed by atoms with van der Waals surface area (Å²) in [5, 5.41) is 12.0. The highest BCUT2D eigenvalue weighted by atomic mass is 16.5. The van der Waals surface area contributed by atoms with E-state index in [4.69, 9.17) is 4.74 Å². The average Bonchev–Trinajstić information content (AvgIpc) is 2.74. The van der Waals surface area contributed by atoms with Crippen LogP contribution in [0.1, 0.15) is 36.4 Å². The largest absolute Gasteiger partial charge is 0.497 e. The smallest absolute Gasteiger partial charge is 0.320 e. The van der Waals surface area contributed by atoms with E-state index in [0.29, 0.717) is 6.42 Å². The van der Waals surface area contributed by atoms with E-state index in [1.807, 2.05) is 36.5 Å². The van der Waals surface area contributed by atoms with E-state index in [1.165, 1.54) is 0 Å². The highest BCUT2D eigenvalue weighted by Crippen LogP contribution is 2.36. The fraction of sp³-hybridized carbons (Fsp3) is 0.304. The molecule has 0 radical (unpaired) electrons. The van der Waals surface area contributed by atoms with Crippen molar-refractivity contribution in [3.63, 3.8) is 0 Å². The van der Waals surface area contributed by atoms with Crippen LogP contribution in [0.5, 0.6) is 5.75 Å². The molecule has 5 heteroatoms. The first-order chi connectivity index (χ1) is 13.7. The average molecular weight is 376 g/mol. The summed E-state index contributed by atoms with van der Waals surface area (Å²) in [6.45, 7) is 0.766. The molecule has 0 spiro atoms. The van der Waals surface area contributed by atoms with Gasteiger partial charge in [-0.2, -0.15) is 0 Å². The number of methoxy groups -OCH3 is 1. The molecule has 0 aliphatic carbocycles. The first-order valence-electron chi connectivity index (χ1n) is 9.63. The Morgan fingerprint density at radius 1 is 1.11 bits per heavy atom. The van der Waals surface area contributed by atoms with Crippen LogP contribution in [0.25, 0.3) is 10.8 Å². The molecule has 1 aliphatic rings. The SMILES string of the molecule is COc1ccc(C(c2ccc3cnccc3c2)N2CCCCC2C(=O)O)cc1. The van der Waals surface area contributed by atoms with E-state index in [-0.39, 0.29) is 6.04 Å². The number of hydrogen-bond acceptors (Lipinski definition) is 4. The van der Waals surface area contributed by atoms with Gasteiger partial charge in [0.05, 0.1) is 13.2 Å². The van der Waals surface area contributed by atoms with E-state index in [2.05, 4.69) is 28.1 Å². The van der Waals surface area contributed by atoms with Crippen molar-refractivity contribution in [1.82, 2.24) is 9.88 Å². The van der Waals surface area contributed by atoms with Crippen molar-refractivity contribution in [1.29, 1.82) is 0 Å². The van der Waals surface area contributed by atoms with Gasteiger partial charge in [0.15, 0.2) is 0 Å². The molecule has 1 fully saturated rings. The number of ether oxygens (including phenoxy) is 1. The Bertz CT molecular complexity index is 971. The molecule has 2 heterocycles. The number of nitrogens with zero attached hydrogens (tertiary/aromatic N) is 2. The second-order valence-electron chi connectivity index (χ2n) is 7.25. The summed E-state index contributed by atoms with van der Waals surface area (Å²) in [4.78, 5) is 18.3. The Balaban J connectivity index is 1.82. The van der Waals surface area contributed by atoms with Crippen molar-refractivity contribution < 1.29 is 14.6 Å². The number of fused-ring (bicyclic) bond motifs is 1. The summed E-state index contributed by atoms with van der Waals surface area (Å²) in [5.74, 6) is 0.0451. The standard InChI is InChI=1S/C23H24N2O3/c1-28-20-9-7-16(8-10-20)22(25-13-3-2-4-21(25)23(26)27)18-5-6-19-15-24-12-11-17(19)14-18/h5-12,14-15,21-22H,2-4,13H2,1H3,(H,26,27). The lowest BCUT2D eigenvalue weighted by atomic mass is 9.91. The van der Waals surface area contributed by atoms with Crippen molar-refractivity contribution >= 4 is 16.7 Å². The Morgan fingerprint density at radius 2 is 1.89 bits per heavy atom. The normalized spacial score (nSPS) is 18.7. The maximum atomic E-state index is 12.0. The molecule has 2 aromatic carbocycles. The van der Waals surface area contributed by atoms with Crippen LogP contribution in [-0.2, 0) is 4.79 Å². The van der Waals surface area contributed by atoms with Gasteiger partial charge in [-0.25, -0.2) is 0 Å². The second kappa shape index (κ2) is 7.98. The van der Waals surface area contributed by atoms with Crippen LogP contribution in [0.15, 0.2) is 60.9 Å². The van der Waals surface area contributed by atoms with Gasteiger partial charge >= 0.3 is 5.97 Å². The van der Waals surface area contributed by atoms with Crippen LogP contribution in [0, 0.1) is 0 Å². The van der Waals surface area contributed by atoms with Gasteiger partial charge in [-0.15, -0.1) is 0 Å². The lowest BCUT2D eigenvalue weighted by Gasteiger charge is -2.39. The number of aromatic nitrogens is 1. The summed E-state index contributed by atoms with van der Waals surface area (Å²) in [5.41, 5.74) is 2.17. The molecule has 1 saturated heterocycles. The van der Waals surface area contributed by atoms with Crippen molar-refractivity contribution in [3.8, 4) is 5.75 Å². The lowest BCUT2D eigenvalue weighted by Crippen LogP contribution is -2.46. The number of likely N-dealkylation sites (tertiary alicyclic amines) is 1. The molecule has 0 bridgehead atoms. The molecule has 1 aliphatic heterocycles. The highest BCUT2D eigenvalue weighted by molar-refractivity contribution is 5.82. The first-order valence-corrected chi connectivity index (χ1v) is 9.63. The minimum absolute atomic E-state index is 0.120. The van der Waals surface area contributed by atoms with E-state index in [0.717, 1.165) is 47.0 Å². The van der Waals surface area contributed by atoms with Gasteiger partial charge in [0.1, 0.15) is 11.8 Å². The predicted octanol–water partition coefficient (Wildman–Crippen LogP) is 4.27. The number of benzene rings is 2. The second-order valence-corrected chi connectivity index (χ2v) is 7.25. The number of aliphatic carboxylic acids is 1. The van der Waals surface area contributed by atoms with E-state index < -0.39 is 12.0 Å². The minimum Gasteiger partial charge on any atom is -0.497 e. The van der Waals surface area contributed by atoms with E-state index in [9.17, 15) is 9.90 Å². The third-order valence-corrected chi connectivity index (χ3v) is 5.57. The molecule has 144 valence electrons. The van der Waals surface area contributed by atoms with Gasteiger partial charge in [0.25, 0.3) is 0 Å². The molecule has 5 nitrogen and oxygen atoms in total. The lowest BCUT2D eigenvalue weighted by molar-refractivity contribution is -0.145. The van der Waals surface area contributed by atoms with Crippen LogP contribution in [0.4, 0.5) is 0 Å². The van der Waals surface area contributed by atoms with E-state index >= 15 is 0 Å². The van der Waals surface area contributed by atoms with Crippen molar-refractivity contribution in [2.45, 2.75) is 31.3 Å². The van der Waals surface area contributed by atoms with Gasteiger partial charge in [-0.1, -0.05) is 30.7 Å². The Hall–Kier alpha value is -2.92. The summed E-state index contributed by atoms with van der Waals surface area (Å²) in [6.07, 6.45) is 6.28. The monoisotopic (exact) mass is 376 g/mol. The minimum atomic E-state index is -0.747. The van der Waals surface area contributed by atoms with Crippen molar-refractivity contribution in [3.05, 3.63) is 72.1 Å². The van der Waals surface area contributed by atoms with Gasteiger partial charge in [0, 0.05) is 17.8 Å². The van der Waals surface area contributed by atoms with E-state index in [1.54, 1.807) is 13.3 Å². The number of carbonyl (C=O) groups is 1. The van der Waals surface area contributed by atoms with Gasteiger partial charge < -0.3 is 9.84 Å². The van der Waals surface area contributed by atoms with Gasteiger partial charge in [-0.05, 0) is 60.2 Å². The molecule has 4 rings (SSSR count). The summed E-state index contributed by atoms with van der Waals surface area (Å²) in [7, 11) is 1.65. The summed E-state index contributed by atoms with van der Waals surface area (Å²) >= 11 is 0. The third kappa shape index (κ3) is 3.58. The van der Waals surface area contributed by atoms with Crippen molar-refractivity contribution in [2.75, 3.05) is 13.7 Å². The first kappa shape index (κ1) is 18.4. The Labute approximate surface area is 164 Å². The zero-order valence-electron chi connectivity index (χ0n) is 15.9. The van der Waals surface area contributed by atoms with Crippen LogP contribution >= 0.6 is 0 Å². The number of piperidine rings is 1. The number of carboxylic acids is 1. The topological polar surface area (TPSA) is 62.7 Å². The quantitative estimate of drug-likeness (QED) is 0.720. The molecule has 2 atom stereocenters. The maximum Gasteiger partial charge on any atom is 0.320 e. The van der Waals surface area contributed by atoms with Gasteiger partial charge in [-0.3, -0.25) is 14.7 Å². The number of pyridine rings is 1.